The van der Waals surface area contributed by atoms with Crippen LogP contribution in [0.15, 0.2) is 47.4 Å². The second-order valence-electron chi connectivity index (χ2n) is 7.47. The Balaban J connectivity index is 1.88. The van der Waals surface area contributed by atoms with Gasteiger partial charge in [0.05, 0.1) is 6.61 Å². The van der Waals surface area contributed by atoms with E-state index in [-0.39, 0.29) is 24.1 Å². The van der Waals surface area contributed by atoms with E-state index in [1.165, 1.54) is 0 Å². The number of aliphatic hydroxyl groups excluding tert-OH is 1. The highest BCUT2D eigenvalue weighted by molar-refractivity contribution is 5.76. The van der Waals surface area contributed by atoms with Gasteiger partial charge in [0.2, 0.25) is 5.95 Å². The van der Waals surface area contributed by atoms with Gasteiger partial charge in [0, 0.05) is 35.7 Å². The molecule has 4 rings (SSSR count). The monoisotopic (exact) mass is 378 g/mol. The predicted octanol–water partition coefficient (Wildman–Crippen LogP) is 3.46. The normalized spacial score (nSPS) is 15.8. The molecule has 28 heavy (non-hydrogen) atoms. The molecule has 2 heterocycles. The Labute approximate surface area is 164 Å². The molecule has 0 spiro atoms. The van der Waals surface area contributed by atoms with Gasteiger partial charge in [-0.1, -0.05) is 50.1 Å². The molecule has 0 radical (unpaired) electrons. The Morgan fingerprint density at radius 1 is 1.25 bits per heavy atom. The molecule has 0 amide bonds. The highest BCUT2D eigenvalue weighted by Crippen LogP contribution is 2.32. The van der Waals surface area contributed by atoms with Gasteiger partial charge >= 0.3 is 0 Å². The second kappa shape index (κ2) is 8.10. The highest BCUT2D eigenvalue weighted by Gasteiger charge is 2.24. The Hall–Kier alpha value is -2.73. The lowest BCUT2D eigenvalue weighted by atomic mass is 9.93. The molecule has 0 bridgehead atoms. The molecule has 1 aromatic carbocycles. The minimum atomic E-state index is -0.00190. The summed E-state index contributed by atoms with van der Waals surface area (Å²) in [5, 5.41) is 12.9. The molecule has 6 nitrogen and oxygen atoms in total. The van der Waals surface area contributed by atoms with Gasteiger partial charge in [0.15, 0.2) is 0 Å². The van der Waals surface area contributed by atoms with Gasteiger partial charge in [-0.3, -0.25) is 9.36 Å². The van der Waals surface area contributed by atoms with Crippen LogP contribution in [0.4, 0.5) is 5.95 Å². The summed E-state index contributed by atoms with van der Waals surface area (Å²) in [5.74, 6) is 0.439. The van der Waals surface area contributed by atoms with E-state index in [0.29, 0.717) is 18.1 Å². The van der Waals surface area contributed by atoms with Gasteiger partial charge in [-0.15, -0.1) is 0 Å². The van der Waals surface area contributed by atoms with E-state index in [2.05, 4.69) is 34.3 Å². The minimum absolute atomic E-state index is 0.00190. The molecule has 2 aromatic heterocycles. The molecule has 1 atom stereocenters. The van der Waals surface area contributed by atoms with Crippen LogP contribution in [0.1, 0.15) is 55.7 Å². The van der Waals surface area contributed by atoms with Gasteiger partial charge in [-0.05, 0) is 24.5 Å². The molecule has 1 saturated carbocycles. The first kappa shape index (κ1) is 18.6. The zero-order chi connectivity index (χ0) is 19.5. The SMILES string of the molecule is CC(c1ccccc1)c1cc2cnc(NCCO)nc2n(C2CCCC2)c1=O. The maximum Gasteiger partial charge on any atom is 0.256 e. The maximum absolute atomic E-state index is 13.6. The number of fused-ring (bicyclic) bond motifs is 1. The van der Waals surface area contributed by atoms with Crippen LogP contribution < -0.4 is 10.9 Å². The lowest BCUT2D eigenvalue weighted by Crippen LogP contribution is -2.29. The van der Waals surface area contributed by atoms with Crippen LogP contribution in [0, 0.1) is 0 Å². The molecule has 1 aliphatic rings. The van der Waals surface area contributed by atoms with Crippen LogP contribution in [0.5, 0.6) is 0 Å². The van der Waals surface area contributed by atoms with Crippen molar-refractivity contribution in [2.24, 2.45) is 0 Å². The van der Waals surface area contributed by atoms with Crippen molar-refractivity contribution in [3.8, 4) is 0 Å². The van der Waals surface area contributed by atoms with E-state index >= 15 is 0 Å². The van der Waals surface area contributed by atoms with Gasteiger partial charge in [0.1, 0.15) is 5.65 Å². The van der Waals surface area contributed by atoms with Crippen molar-refractivity contribution in [3.05, 3.63) is 64.1 Å². The van der Waals surface area contributed by atoms with Crippen LogP contribution in [-0.2, 0) is 0 Å². The summed E-state index contributed by atoms with van der Waals surface area (Å²) >= 11 is 0. The summed E-state index contributed by atoms with van der Waals surface area (Å²) in [6.45, 7) is 2.46. The number of hydrogen-bond acceptors (Lipinski definition) is 5. The van der Waals surface area contributed by atoms with Crippen molar-refractivity contribution in [2.75, 3.05) is 18.5 Å². The third-order valence-corrected chi connectivity index (χ3v) is 5.65. The summed E-state index contributed by atoms with van der Waals surface area (Å²) in [7, 11) is 0. The van der Waals surface area contributed by atoms with Crippen molar-refractivity contribution < 1.29 is 5.11 Å². The molecule has 1 unspecified atom stereocenters. The van der Waals surface area contributed by atoms with Crippen molar-refractivity contribution in [2.45, 2.75) is 44.6 Å². The zero-order valence-electron chi connectivity index (χ0n) is 16.1. The molecule has 3 aromatic rings. The lowest BCUT2D eigenvalue weighted by Gasteiger charge is -2.20. The lowest BCUT2D eigenvalue weighted by molar-refractivity contribution is 0.311. The smallest absolute Gasteiger partial charge is 0.256 e. The molecule has 146 valence electrons. The van der Waals surface area contributed by atoms with Crippen LogP contribution in [0.2, 0.25) is 0 Å². The van der Waals surface area contributed by atoms with Crippen LogP contribution in [-0.4, -0.2) is 32.8 Å². The number of nitrogens with one attached hydrogen (secondary N) is 1. The summed E-state index contributed by atoms with van der Waals surface area (Å²) < 4.78 is 1.89. The summed E-state index contributed by atoms with van der Waals surface area (Å²) in [6, 6.07) is 12.2. The third kappa shape index (κ3) is 3.52. The summed E-state index contributed by atoms with van der Waals surface area (Å²) in [5.41, 5.74) is 2.63. The number of pyridine rings is 1. The number of aliphatic hydroxyl groups is 1. The van der Waals surface area contributed by atoms with Gasteiger partial charge < -0.3 is 10.4 Å². The number of aromatic nitrogens is 3. The topological polar surface area (TPSA) is 80.0 Å². The number of rotatable bonds is 6. The van der Waals surface area contributed by atoms with Crippen molar-refractivity contribution in [3.63, 3.8) is 0 Å². The summed E-state index contributed by atoms with van der Waals surface area (Å²) in [6.07, 6.45) is 6.05. The molecule has 1 fully saturated rings. The fraction of sp³-hybridized carbons (Fsp3) is 0.409. The fourth-order valence-corrected chi connectivity index (χ4v) is 4.13. The van der Waals surface area contributed by atoms with Crippen LogP contribution >= 0.6 is 0 Å². The van der Waals surface area contributed by atoms with E-state index in [4.69, 9.17) is 5.11 Å². The molecule has 2 N–H and O–H groups in total. The van der Waals surface area contributed by atoms with E-state index < -0.39 is 0 Å². The molecule has 0 saturated heterocycles. The quantitative estimate of drug-likeness (QED) is 0.687. The minimum Gasteiger partial charge on any atom is -0.395 e. The first-order chi connectivity index (χ1) is 13.7. The average Bonchev–Trinajstić information content (AvgIpc) is 3.26. The number of nitrogens with zero attached hydrogens (tertiary/aromatic N) is 3. The second-order valence-corrected chi connectivity index (χ2v) is 7.47. The van der Waals surface area contributed by atoms with Gasteiger partial charge in [-0.2, -0.15) is 4.98 Å². The standard InChI is InChI=1S/C22H26N4O2/c1-15(16-7-3-2-4-8-16)19-13-17-14-24-22(23-11-12-27)25-20(17)26(21(19)28)18-9-5-6-10-18/h2-4,7-8,13-15,18,27H,5-6,9-12H2,1H3,(H,23,24,25). The van der Waals surface area contributed by atoms with E-state index in [1.54, 1.807) is 6.20 Å². The zero-order valence-corrected chi connectivity index (χ0v) is 16.1. The van der Waals surface area contributed by atoms with Crippen LogP contribution in [0.3, 0.4) is 0 Å². The first-order valence-corrected chi connectivity index (χ1v) is 10.0. The predicted molar refractivity (Wildman–Crippen MR) is 111 cm³/mol. The summed E-state index contributed by atoms with van der Waals surface area (Å²) in [4.78, 5) is 22.5. The molecule has 1 aliphatic carbocycles. The highest BCUT2D eigenvalue weighted by atomic mass is 16.3. The van der Waals surface area contributed by atoms with Crippen LogP contribution in [0.25, 0.3) is 11.0 Å². The van der Waals surface area contributed by atoms with E-state index in [9.17, 15) is 4.79 Å². The number of benzene rings is 1. The number of anilines is 1. The third-order valence-electron chi connectivity index (χ3n) is 5.65. The van der Waals surface area contributed by atoms with E-state index in [0.717, 1.165) is 42.2 Å². The Morgan fingerprint density at radius 3 is 2.71 bits per heavy atom. The first-order valence-electron chi connectivity index (χ1n) is 10.0. The molecular formula is C22H26N4O2. The van der Waals surface area contributed by atoms with Gasteiger partial charge in [0.25, 0.3) is 5.56 Å². The van der Waals surface area contributed by atoms with Crippen molar-refractivity contribution in [1.82, 2.24) is 14.5 Å². The molecule has 6 heteroatoms. The maximum atomic E-state index is 13.6. The molecular weight excluding hydrogens is 352 g/mol. The largest absolute Gasteiger partial charge is 0.395 e. The fourth-order valence-electron chi connectivity index (χ4n) is 4.13. The average molecular weight is 378 g/mol. The Kier molecular flexibility index (Phi) is 5.39. The van der Waals surface area contributed by atoms with E-state index in [1.807, 2.05) is 28.8 Å². The van der Waals surface area contributed by atoms with Crippen molar-refractivity contribution >= 4 is 17.0 Å². The van der Waals surface area contributed by atoms with Gasteiger partial charge in [-0.25, -0.2) is 4.98 Å². The number of hydrogen-bond donors (Lipinski definition) is 2. The Bertz CT molecular complexity index is 1010. The Morgan fingerprint density at radius 2 is 2.00 bits per heavy atom. The van der Waals surface area contributed by atoms with Crippen molar-refractivity contribution in [1.29, 1.82) is 0 Å². The molecule has 0 aliphatic heterocycles.